The molecule has 6 heteroatoms. The number of phenolic OH excluding ortho intramolecular Hbond substituents is 2. The number of hydrogen-bond donors (Lipinski definition) is 2. The fourth-order valence-corrected chi connectivity index (χ4v) is 3.25. The fraction of sp³-hybridized carbons (Fsp3) is 0.0769. The molecule has 0 aromatic heterocycles. The molecule has 0 spiro atoms. The summed E-state index contributed by atoms with van der Waals surface area (Å²) in [5.74, 6) is -0.807. The predicted molar refractivity (Wildman–Crippen MR) is 73.4 cm³/mol. The SMILES string of the molecule is CSc1ccc(S(=O)(=O)c2ccc(O)c(O)c2)cc1. The summed E-state index contributed by atoms with van der Waals surface area (Å²) in [6.45, 7) is 0. The normalized spacial score (nSPS) is 11.4. The molecular formula is C13H12O4S2. The topological polar surface area (TPSA) is 74.6 Å². The number of benzene rings is 2. The summed E-state index contributed by atoms with van der Waals surface area (Å²) in [5.41, 5.74) is 0. The molecule has 0 amide bonds. The Balaban J connectivity index is 2.48. The Morgan fingerprint density at radius 3 is 2.00 bits per heavy atom. The summed E-state index contributed by atoms with van der Waals surface area (Å²) < 4.78 is 24.6. The molecule has 2 aromatic carbocycles. The van der Waals surface area contributed by atoms with E-state index in [2.05, 4.69) is 0 Å². The van der Waals surface area contributed by atoms with Crippen LogP contribution in [0.5, 0.6) is 11.5 Å². The Bertz CT molecular complexity index is 691. The lowest BCUT2D eigenvalue weighted by molar-refractivity contribution is 0.402. The molecule has 19 heavy (non-hydrogen) atoms. The highest BCUT2D eigenvalue weighted by atomic mass is 32.2. The summed E-state index contributed by atoms with van der Waals surface area (Å²) in [5, 5.41) is 18.6. The third kappa shape index (κ3) is 2.69. The molecule has 0 aliphatic carbocycles. The molecule has 0 aliphatic rings. The molecule has 0 saturated heterocycles. The molecule has 0 heterocycles. The Hall–Kier alpha value is -1.66. The van der Waals surface area contributed by atoms with Crippen molar-refractivity contribution in [2.45, 2.75) is 14.7 Å². The first-order chi connectivity index (χ1) is 8.95. The molecule has 0 fully saturated rings. The number of phenols is 2. The second-order valence-electron chi connectivity index (χ2n) is 3.83. The standard InChI is InChI=1S/C13H12O4S2/c1-18-9-2-4-10(5-3-9)19(16,17)11-6-7-12(14)13(15)8-11/h2-8,14-15H,1H3. The van der Waals surface area contributed by atoms with Gasteiger partial charge in [-0.15, -0.1) is 11.8 Å². The van der Waals surface area contributed by atoms with Crippen molar-refractivity contribution in [3.05, 3.63) is 42.5 Å². The van der Waals surface area contributed by atoms with Crippen LogP contribution in [0.3, 0.4) is 0 Å². The van der Waals surface area contributed by atoms with Crippen molar-refractivity contribution < 1.29 is 18.6 Å². The zero-order chi connectivity index (χ0) is 14.0. The average molecular weight is 296 g/mol. The van der Waals surface area contributed by atoms with E-state index in [1.807, 2.05) is 6.26 Å². The van der Waals surface area contributed by atoms with Crippen molar-refractivity contribution in [1.29, 1.82) is 0 Å². The molecular weight excluding hydrogens is 284 g/mol. The van der Waals surface area contributed by atoms with Gasteiger partial charge in [0.05, 0.1) is 9.79 Å². The minimum atomic E-state index is -3.68. The number of aromatic hydroxyl groups is 2. The first-order valence-electron chi connectivity index (χ1n) is 5.36. The van der Waals surface area contributed by atoms with E-state index < -0.39 is 15.6 Å². The molecule has 0 bridgehead atoms. The van der Waals surface area contributed by atoms with Gasteiger partial charge in [0, 0.05) is 11.0 Å². The van der Waals surface area contributed by atoms with Crippen LogP contribution in [0.1, 0.15) is 0 Å². The summed E-state index contributed by atoms with van der Waals surface area (Å²) in [6.07, 6.45) is 1.90. The lowest BCUT2D eigenvalue weighted by atomic mass is 10.3. The third-order valence-electron chi connectivity index (χ3n) is 2.63. The maximum atomic E-state index is 12.3. The van der Waals surface area contributed by atoms with E-state index >= 15 is 0 Å². The van der Waals surface area contributed by atoms with Crippen molar-refractivity contribution in [1.82, 2.24) is 0 Å². The van der Waals surface area contributed by atoms with E-state index in [1.165, 1.54) is 30.0 Å². The Kier molecular flexibility index (Phi) is 3.73. The van der Waals surface area contributed by atoms with Crippen LogP contribution < -0.4 is 0 Å². The number of rotatable bonds is 3. The Morgan fingerprint density at radius 2 is 1.47 bits per heavy atom. The maximum Gasteiger partial charge on any atom is 0.206 e. The second-order valence-corrected chi connectivity index (χ2v) is 6.66. The van der Waals surface area contributed by atoms with Gasteiger partial charge in [-0.2, -0.15) is 0 Å². The Morgan fingerprint density at radius 1 is 0.895 bits per heavy atom. The maximum absolute atomic E-state index is 12.3. The van der Waals surface area contributed by atoms with Crippen molar-refractivity contribution in [3.8, 4) is 11.5 Å². The Labute approximate surface area is 115 Å². The number of thioether (sulfide) groups is 1. The average Bonchev–Trinajstić information content (AvgIpc) is 2.41. The molecule has 100 valence electrons. The molecule has 0 radical (unpaired) electrons. The van der Waals surface area contributed by atoms with Crippen molar-refractivity contribution in [2.24, 2.45) is 0 Å². The highest BCUT2D eigenvalue weighted by molar-refractivity contribution is 7.98. The molecule has 2 rings (SSSR count). The van der Waals surface area contributed by atoms with E-state index in [0.717, 1.165) is 17.0 Å². The van der Waals surface area contributed by atoms with E-state index in [4.69, 9.17) is 0 Å². The molecule has 0 atom stereocenters. The van der Waals surface area contributed by atoms with Crippen LogP contribution in [0.2, 0.25) is 0 Å². The monoisotopic (exact) mass is 296 g/mol. The van der Waals surface area contributed by atoms with E-state index in [1.54, 1.807) is 12.1 Å². The van der Waals surface area contributed by atoms with Crippen molar-refractivity contribution >= 4 is 21.6 Å². The minimum Gasteiger partial charge on any atom is -0.504 e. The molecule has 0 aliphatic heterocycles. The van der Waals surface area contributed by atoms with Crippen LogP contribution in [0, 0.1) is 0 Å². The van der Waals surface area contributed by atoms with Crippen LogP contribution in [0.25, 0.3) is 0 Å². The van der Waals surface area contributed by atoms with E-state index in [-0.39, 0.29) is 15.5 Å². The highest BCUT2D eigenvalue weighted by Gasteiger charge is 2.18. The third-order valence-corrected chi connectivity index (χ3v) is 5.14. The number of sulfone groups is 1. The summed E-state index contributed by atoms with van der Waals surface area (Å²) in [4.78, 5) is 1.06. The minimum absolute atomic E-state index is 0.0558. The van der Waals surface area contributed by atoms with Gasteiger partial charge in [-0.05, 0) is 42.7 Å². The summed E-state index contributed by atoms with van der Waals surface area (Å²) in [6, 6.07) is 9.92. The van der Waals surface area contributed by atoms with Crippen molar-refractivity contribution in [3.63, 3.8) is 0 Å². The molecule has 2 N–H and O–H groups in total. The lowest BCUT2D eigenvalue weighted by Crippen LogP contribution is -2.01. The zero-order valence-electron chi connectivity index (χ0n) is 10.1. The van der Waals surface area contributed by atoms with Crippen LogP contribution in [-0.4, -0.2) is 24.9 Å². The van der Waals surface area contributed by atoms with Gasteiger partial charge in [-0.1, -0.05) is 0 Å². The van der Waals surface area contributed by atoms with E-state index in [9.17, 15) is 18.6 Å². The first-order valence-corrected chi connectivity index (χ1v) is 8.07. The van der Waals surface area contributed by atoms with Gasteiger partial charge in [0.1, 0.15) is 0 Å². The van der Waals surface area contributed by atoms with Gasteiger partial charge in [0.15, 0.2) is 11.5 Å². The smallest absolute Gasteiger partial charge is 0.206 e. The van der Waals surface area contributed by atoms with Crippen LogP contribution in [-0.2, 0) is 9.84 Å². The highest BCUT2D eigenvalue weighted by Crippen LogP contribution is 2.30. The van der Waals surface area contributed by atoms with Gasteiger partial charge in [-0.25, -0.2) is 8.42 Å². The molecule has 0 saturated carbocycles. The van der Waals surface area contributed by atoms with Crippen molar-refractivity contribution in [2.75, 3.05) is 6.26 Å². The quantitative estimate of drug-likeness (QED) is 0.673. The van der Waals surface area contributed by atoms with Gasteiger partial charge >= 0.3 is 0 Å². The van der Waals surface area contributed by atoms with Gasteiger partial charge in [0.2, 0.25) is 9.84 Å². The molecule has 4 nitrogen and oxygen atoms in total. The van der Waals surface area contributed by atoms with Gasteiger partial charge < -0.3 is 10.2 Å². The van der Waals surface area contributed by atoms with Gasteiger partial charge in [-0.3, -0.25) is 0 Å². The van der Waals surface area contributed by atoms with E-state index in [0.29, 0.717) is 0 Å². The summed E-state index contributed by atoms with van der Waals surface area (Å²) >= 11 is 1.52. The second kappa shape index (κ2) is 5.14. The molecule has 0 unspecified atom stereocenters. The van der Waals surface area contributed by atoms with Crippen LogP contribution >= 0.6 is 11.8 Å². The lowest BCUT2D eigenvalue weighted by Gasteiger charge is -2.06. The van der Waals surface area contributed by atoms with Crippen LogP contribution in [0.4, 0.5) is 0 Å². The predicted octanol–water partition coefficient (Wildman–Crippen LogP) is 2.65. The molecule has 2 aromatic rings. The zero-order valence-corrected chi connectivity index (χ0v) is 11.7. The first kappa shape index (κ1) is 13.8. The summed E-state index contributed by atoms with van der Waals surface area (Å²) in [7, 11) is -3.68. The van der Waals surface area contributed by atoms with Crippen LogP contribution in [0.15, 0.2) is 57.2 Å². The number of hydrogen-bond acceptors (Lipinski definition) is 5. The van der Waals surface area contributed by atoms with Gasteiger partial charge in [0.25, 0.3) is 0 Å². The largest absolute Gasteiger partial charge is 0.504 e. The fourth-order valence-electron chi connectivity index (χ4n) is 1.56.